The van der Waals surface area contributed by atoms with Crippen molar-refractivity contribution in [1.29, 1.82) is 0 Å². The third-order valence-corrected chi connectivity index (χ3v) is 3.86. The minimum Gasteiger partial charge on any atom is -0.494 e. The molecule has 1 aliphatic heterocycles. The van der Waals surface area contributed by atoms with Gasteiger partial charge in [0, 0.05) is 31.4 Å². The second kappa shape index (κ2) is 7.17. The number of nitrogens with zero attached hydrogens (tertiary/aromatic N) is 1. The van der Waals surface area contributed by atoms with Gasteiger partial charge in [-0.25, -0.2) is 0 Å². The maximum Gasteiger partial charge on any atom is 0.119 e. The molecule has 0 spiro atoms. The van der Waals surface area contributed by atoms with Gasteiger partial charge in [0.05, 0.1) is 6.61 Å². The zero-order valence-corrected chi connectivity index (χ0v) is 14.0. The third-order valence-electron chi connectivity index (χ3n) is 3.86. The molecule has 1 heterocycles. The fraction of sp³-hybridized carbons (Fsp3) is 0.667. The summed E-state index contributed by atoms with van der Waals surface area (Å²) in [6.45, 7) is 12.9. The molecule has 0 amide bonds. The van der Waals surface area contributed by atoms with Crippen LogP contribution in [-0.4, -0.2) is 32.3 Å². The zero-order chi connectivity index (χ0) is 15.3. The average Bonchev–Trinajstić information content (AvgIpc) is 2.46. The van der Waals surface area contributed by atoms with Crippen LogP contribution in [0.2, 0.25) is 0 Å². The fourth-order valence-electron chi connectivity index (χ4n) is 2.75. The highest BCUT2D eigenvalue weighted by molar-refractivity contribution is 5.49. The van der Waals surface area contributed by atoms with Crippen LogP contribution in [0.1, 0.15) is 40.5 Å². The van der Waals surface area contributed by atoms with Crippen molar-refractivity contribution in [3.63, 3.8) is 0 Å². The molecule has 0 radical (unpaired) electrons. The topological polar surface area (TPSA) is 24.5 Å². The summed E-state index contributed by atoms with van der Waals surface area (Å²) in [5.41, 5.74) is 1.65. The van der Waals surface area contributed by atoms with Crippen LogP contribution in [0.25, 0.3) is 0 Å². The number of hydrogen-bond donors (Lipinski definition) is 1. The van der Waals surface area contributed by atoms with E-state index in [1.165, 1.54) is 18.5 Å². The first-order valence-electron chi connectivity index (χ1n) is 8.19. The molecule has 3 nitrogen and oxygen atoms in total. The van der Waals surface area contributed by atoms with Crippen molar-refractivity contribution in [1.82, 2.24) is 5.32 Å². The van der Waals surface area contributed by atoms with Gasteiger partial charge in [0.1, 0.15) is 5.75 Å². The number of rotatable bonds is 5. The standard InChI is InChI=1S/C18H30N2O/c1-5-21-17-10-8-16(9-11-17)20-12-6-7-15(13-20)19-14-18(2,3)4/h8-11,15,19H,5-7,12-14H2,1-4H3. The normalized spacial score (nSPS) is 19.6. The van der Waals surface area contributed by atoms with Crippen molar-refractivity contribution >= 4 is 5.69 Å². The number of piperidine rings is 1. The highest BCUT2D eigenvalue weighted by atomic mass is 16.5. The summed E-state index contributed by atoms with van der Waals surface area (Å²) >= 11 is 0. The Hall–Kier alpha value is -1.22. The summed E-state index contributed by atoms with van der Waals surface area (Å²) in [7, 11) is 0. The predicted molar refractivity (Wildman–Crippen MR) is 90.3 cm³/mol. The molecule has 1 aromatic carbocycles. The minimum absolute atomic E-state index is 0.349. The molecule has 3 heteroatoms. The molecule has 0 aliphatic carbocycles. The van der Waals surface area contributed by atoms with E-state index in [-0.39, 0.29) is 0 Å². The van der Waals surface area contributed by atoms with Gasteiger partial charge < -0.3 is 15.0 Å². The SMILES string of the molecule is CCOc1ccc(N2CCCC(NCC(C)(C)C)C2)cc1. The first-order valence-corrected chi connectivity index (χ1v) is 8.19. The lowest BCUT2D eigenvalue weighted by atomic mass is 9.95. The lowest BCUT2D eigenvalue weighted by Crippen LogP contribution is -2.47. The monoisotopic (exact) mass is 290 g/mol. The largest absolute Gasteiger partial charge is 0.494 e. The lowest BCUT2D eigenvalue weighted by Gasteiger charge is -2.36. The van der Waals surface area contributed by atoms with Crippen LogP contribution in [0, 0.1) is 5.41 Å². The number of benzene rings is 1. The second-order valence-corrected chi connectivity index (χ2v) is 7.15. The van der Waals surface area contributed by atoms with Crippen LogP contribution < -0.4 is 15.0 Å². The molecule has 2 rings (SSSR count). The maximum atomic E-state index is 5.51. The molecular formula is C18H30N2O. The summed E-state index contributed by atoms with van der Waals surface area (Å²) < 4.78 is 5.51. The van der Waals surface area contributed by atoms with Crippen molar-refractivity contribution in [2.24, 2.45) is 5.41 Å². The van der Waals surface area contributed by atoms with Gasteiger partial charge in [-0.05, 0) is 49.4 Å². The number of anilines is 1. The Bertz CT molecular complexity index is 422. The lowest BCUT2D eigenvalue weighted by molar-refractivity contribution is 0.328. The Morgan fingerprint density at radius 1 is 1.24 bits per heavy atom. The van der Waals surface area contributed by atoms with Gasteiger partial charge >= 0.3 is 0 Å². The van der Waals surface area contributed by atoms with Crippen LogP contribution in [0.3, 0.4) is 0 Å². The molecule has 21 heavy (non-hydrogen) atoms. The molecule has 1 saturated heterocycles. The molecule has 0 aromatic heterocycles. The van der Waals surface area contributed by atoms with E-state index in [1.54, 1.807) is 0 Å². The fourth-order valence-corrected chi connectivity index (χ4v) is 2.75. The molecular weight excluding hydrogens is 260 g/mol. The van der Waals surface area contributed by atoms with E-state index in [9.17, 15) is 0 Å². The van der Waals surface area contributed by atoms with Gasteiger partial charge in [0.2, 0.25) is 0 Å². The van der Waals surface area contributed by atoms with Crippen molar-refractivity contribution < 1.29 is 4.74 Å². The molecule has 1 atom stereocenters. The van der Waals surface area contributed by atoms with Crippen molar-refractivity contribution in [2.75, 3.05) is 31.1 Å². The van der Waals surface area contributed by atoms with E-state index in [0.717, 1.165) is 32.0 Å². The van der Waals surface area contributed by atoms with Crippen LogP contribution >= 0.6 is 0 Å². The van der Waals surface area contributed by atoms with Crippen LogP contribution in [-0.2, 0) is 0 Å². The zero-order valence-electron chi connectivity index (χ0n) is 14.0. The summed E-state index contributed by atoms with van der Waals surface area (Å²) in [4.78, 5) is 2.49. The summed E-state index contributed by atoms with van der Waals surface area (Å²) in [5.74, 6) is 0.959. The number of ether oxygens (including phenoxy) is 1. The summed E-state index contributed by atoms with van der Waals surface area (Å²) in [5, 5.41) is 3.73. The Morgan fingerprint density at radius 2 is 1.95 bits per heavy atom. The van der Waals surface area contributed by atoms with Crippen molar-refractivity contribution in [3.8, 4) is 5.75 Å². The maximum absolute atomic E-state index is 5.51. The predicted octanol–water partition coefficient (Wildman–Crippen LogP) is 3.69. The van der Waals surface area contributed by atoms with Gasteiger partial charge in [-0.2, -0.15) is 0 Å². The van der Waals surface area contributed by atoms with E-state index in [1.807, 2.05) is 6.92 Å². The van der Waals surface area contributed by atoms with Crippen LogP contribution in [0.5, 0.6) is 5.75 Å². The van der Waals surface area contributed by atoms with Gasteiger partial charge in [0.25, 0.3) is 0 Å². The molecule has 1 unspecified atom stereocenters. The molecule has 0 saturated carbocycles. The summed E-state index contributed by atoms with van der Waals surface area (Å²) in [6.07, 6.45) is 2.54. The number of nitrogens with one attached hydrogen (secondary N) is 1. The smallest absolute Gasteiger partial charge is 0.119 e. The van der Waals surface area contributed by atoms with E-state index in [2.05, 4.69) is 55.3 Å². The first kappa shape index (κ1) is 16.2. The van der Waals surface area contributed by atoms with Crippen LogP contribution in [0.4, 0.5) is 5.69 Å². The van der Waals surface area contributed by atoms with Gasteiger partial charge in [-0.15, -0.1) is 0 Å². The first-order chi connectivity index (χ1) is 9.98. The Labute approximate surface area is 129 Å². The van der Waals surface area contributed by atoms with E-state index in [0.29, 0.717) is 11.5 Å². The van der Waals surface area contributed by atoms with Gasteiger partial charge in [-0.1, -0.05) is 20.8 Å². The Morgan fingerprint density at radius 3 is 2.57 bits per heavy atom. The van der Waals surface area contributed by atoms with E-state index < -0.39 is 0 Å². The molecule has 1 fully saturated rings. The van der Waals surface area contributed by atoms with E-state index in [4.69, 9.17) is 4.74 Å². The minimum atomic E-state index is 0.349. The molecule has 1 aromatic rings. The molecule has 1 N–H and O–H groups in total. The molecule has 0 bridgehead atoms. The highest BCUT2D eigenvalue weighted by Gasteiger charge is 2.21. The highest BCUT2D eigenvalue weighted by Crippen LogP contribution is 2.23. The molecule has 1 aliphatic rings. The van der Waals surface area contributed by atoms with Crippen molar-refractivity contribution in [3.05, 3.63) is 24.3 Å². The molecule has 118 valence electrons. The van der Waals surface area contributed by atoms with Gasteiger partial charge in [-0.3, -0.25) is 0 Å². The third kappa shape index (κ3) is 5.24. The number of hydrogen-bond acceptors (Lipinski definition) is 3. The Balaban J connectivity index is 1.91. The van der Waals surface area contributed by atoms with E-state index >= 15 is 0 Å². The average molecular weight is 290 g/mol. The van der Waals surface area contributed by atoms with Crippen molar-refractivity contribution in [2.45, 2.75) is 46.6 Å². The summed E-state index contributed by atoms with van der Waals surface area (Å²) in [6, 6.07) is 9.11. The second-order valence-electron chi connectivity index (χ2n) is 7.15. The van der Waals surface area contributed by atoms with Crippen LogP contribution in [0.15, 0.2) is 24.3 Å². The van der Waals surface area contributed by atoms with Gasteiger partial charge in [0.15, 0.2) is 0 Å². The Kier molecular flexibility index (Phi) is 5.51. The quantitative estimate of drug-likeness (QED) is 0.895.